The lowest BCUT2D eigenvalue weighted by Gasteiger charge is -2.41. The van der Waals surface area contributed by atoms with E-state index in [9.17, 15) is 9.90 Å². The number of pyridine rings is 1. The number of nitrogens with one attached hydrogen (secondary N) is 1. The van der Waals surface area contributed by atoms with Gasteiger partial charge < -0.3 is 19.7 Å². The largest absolute Gasteiger partial charge is 0.480 e. The van der Waals surface area contributed by atoms with Crippen LogP contribution >= 0.6 is 11.6 Å². The van der Waals surface area contributed by atoms with E-state index < -0.39 is 5.97 Å². The minimum absolute atomic E-state index is 0.210. The molecule has 138 valence electrons. The zero-order valence-corrected chi connectivity index (χ0v) is 15.5. The van der Waals surface area contributed by atoms with Crippen LogP contribution in [0.15, 0.2) is 30.5 Å². The summed E-state index contributed by atoms with van der Waals surface area (Å²) in [6, 6.07) is 7.43. The Kier molecular flexibility index (Phi) is 3.43. The van der Waals surface area contributed by atoms with Crippen LogP contribution in [0.2, 0.25) is 5.02 Å². The van der Waals surface area contributed by atoms with Gasteiger partial charge in [-0.1, -0.05) is 11.6 Å². The number of hydrogen-bond donors (Lipinski definition) is 2. The van der Waals surface area contributed by atoms with Gasteiger partial charge in [-0.25, -0.2) is 4.79 Å². The average Bonchev–Trinajstić information content (AvgIpc) is 3.33. The summed E-state index contributed by atoms with van der Waals surface area (Å²) < 4.78 is 5.53. The molecule has 1 aliphatic heterocycles. The molecule has 7 heteroatoms. The van der Waals surface area contributed by atoms with E-state index in [2.05, 4.69) is 14.9 Å². The van der Waals surface area contributed by atoms with Gasteiger partial charge in [0.05, 0.1) is 17.7 Å². The van der Waals surface area contributed by atoms with Crippen molar-refractivity contribution in [3.63, 3.8) is 0 Å². The van der Waals surface area contributed by atoms with Gasteiger partial charge in [-0.15, -0.1) is 0 Å². The number of methoxy groups -OCH3 is 1. The molecule has 2 aromatic heterocycles. The Balaban J connectivity index is 1.57. The lowest BCUT2D eigenvalue weighted by molar-refractivity contribution is 0.0699. The third-order valence-corrected chi connectivity index (χ3v) is 5.98. The number of rotatable bonds is 4. The molecule has 6 nitrogen and oxygen atoms in total. The number of aromatic nitrogens is 2. The molecule has 3 heterocycles. The Morgan fingerprint density at radius 3 is 2.74 bits per heavy atom. The maximum Gasteiger partial charge on any atom is 0.337 e. The molecule has 0 amide bonds. The molecule has 2 N–H and O–H groups in total. The van der Waals surface area contributed by atoms with Crippen molar-refractivity contribution in [3.8, 4) is 17.0 Å². The van der Waals surface area contributed by atoms with Crippen LogP contribution in [0.25, 0.3) is 22.0 Å². The van der Waals surface area contributed by atoms with E-state index >= 15 is 0 Å². The van der Waals surface area contributed by atoms with Gasteiger partial charge in [0, 0.05) is 46.7 Å². The molecule has 0 radical (unpaired) electrons. The lowest BCUT2D eigenvalue weighted by Crippen LogP contribution is -2.48. The number of benzene rings is 1. The number of H-pyrrole nitrogens is 1. The van der Waals surface area contributed by atoms with E-state index in [1.807, 2.05) is 12.1 Å². The molecule has 0 atom stereocenters. The number of hydrogen-bond acceptors (Lipinski definition) is 4. The summed E-state index contributed by atoms with van der Waals surface area (Å²) in [7, 11) is 1.58. The van der Waals surface area contributed by atoms with Crippen molar-refractivity contribution in [1.82, 2.24) is 9.97 Å². The maximum absolute atomic E-state index is 11.5. The predicted molar refractivity (Wildman–Crippen MR) is 104 cm³/mol. The minimum atomic E-state index is -0.984. The summed E-state index contributed by atoms with van der Waals surface area (Å²) in [6.07, 6.45) is 4.11. The van der Waals surface area contributed by atoms with E-state index in [0.29, 0.717) is 32.8 Å². The van der Waals surface area contributed by atoms with Gasteiger partial charge in [-0.05, 0) is 37.1 Å². The first-order chi connectivity index (χ1) is 13.0. The van der Waals surface area contributed by atoms with Crippen LogP contribution in [0, 0.1) is 5.41 Å². The molecular formula is C20H18ClN3O3. The van der Waals surface area contributed by atoms with Crippen molar-refractivity contribution in [3.05, 3.63) is 41.0 Å². The van der Waals surface area contributed by atoms with Crippen LogP contribution in [-0.4, -0.2) is 41.2 Å². The number of carboxylic acid groups (broad SMARTS) is 1. The van der Waals surface area contributed by atoms with Gasteiger partial charge in [0.2, 0.25) is 5.88 Å². The number of nitrogens with zero attached hydrogens (tertiary/aromatic N) is 2. The molecule has 27 heavy (non-hydrogen) atoms. The normalized spacial score (nSPS) is 17.2. The molecule has 0 unspecified atom stereocenters. The van der Waals surface area contributed by atoms with E-state index in [4.69, 9.17) is 16.3 Å². The zero-order chi connectivity index (χ0) is 18.8. The molecule has 1 aromatic carbocycles. The van der Waals surface area contributed by atoms with E-state index in [-0.39, 0.29) is 5.56 Å². The highest BCUT2D eigenvalue weighted by Crippen LogP contribution is 2.54. The second-order valence-electron chi connectivity index (χ2n) is 7.47. The zero-order valence-electron chi connectivity index (χ0n) is 14.8. The Morgan fingerprint density at radius 2 is 2.07 bits per heavy atom. The van der Waals surface area contributed by atoms with Crippen LogP contribution in [0.4, 0.5) is 5.82 Å². The molecule has 1 aliphatic carbocycles. The number of carboxylic acids is 1. The third-order valence-electron chi connectivity index (χ3n) is 5.66. The first-order valence-corrected chi connectivity index (χ1v) is 9.22. The fourth-order valence-electron chi connectivity index (χ4n) is 3.91. The molecule has 2 fully saturated rings. The fourth-order valence-corrected chi connectivity index (χ4v) is 4.18. The van der Waals surface area contributed by atoms with Gasteiger partial charge in [-0.2, -0.15) is 4.98 Å². The Bertz CT molecular complexity index is 1080. The molecule has 1 saturated heterocycles. The standard InChI is InChI=1S/C20H18ClN3O3/c1-27-18-11(2-3-17(23-18)24-9-20(10-24)4-5-20)12-6-13-14(19(25)26)8-22-16(13)7-15(12)21/h2-3,6-8,22H,4-5,9-10H2,1H3,(H,25,26). The number of ether oxygens (including phenoxy) is 1. The summed E-state index contributed by atoms with van der Waals surface area (Å²) >= 11 is 6.48. The SMILES string of the molecule is COc1nc(N2CC3(CC3)C2)ccc1-c1cc2c(C(=O)O)c[nH]c2cc1Cl. The molecule has 3 aromatic rings. The molecular weight excluding hydrogens is 366 g/mol. The van der Waals surface area contributed by atoms with Crippen molar-refractivity contribution in [2.24, 2.45) is 5.41 Å². The topological polar surface area (TPSA) is 78.4 Å². The minimum Gasteiger partial charge on any atom is -0.480 e. The molecule has 2 aliphatic rings. The molecule has 1 saturated carbocycles. The van der Waals surface area contributed by atoms with Gasteiger partial charge in [0.1, 0.15) is 5.82 Å². The van der Waals surface area contributed by atoms with Crippen molar-refractivity contribution in [2.75, 3.05) is 25.1 Å². The van der Waals surface area contributed by atoms with Gasteiger partial charge in [0.25, 0.3) is 0 Å². The Morgan fingerprint density at radius 1 is 1.30 bits per heavy atom. The van der Waals surface area contributed by atoms with Crippen molar-refractivity contribution >= 4 is 34.3 Å². The van der Waals surface area contributed by atoms with Gasteiger partial charge >= 0.3 is 5.97 Å². The second-order valence-corrected chi connectivity index (χ2v) is 7.87. The number of aromatic carboxylic acids is 1. The van der Waals surface area contributed by atoms with Gasteiger partial charge in [0.15, 0.2) is 0 Å². The highest BCUT2D eigenvalue weighted by Gasteiger charge is 2.52. The quantitative estimate of drug-likeness (QED) is 0.706. The summed E-state index contributed by atoms with van der Waals surface area (Å²) in [6.45, 7) is 2.11. The van der Waals surface area contributed by atoms with E-state index in [0.717, 1.165) is 24.5 Å². The van der Waals surface area contributed by atoms with Crippen molar-refractivity contribution in [2.45, 2.75) is 12.8 Å². The van der Waals surface area contributed by atoms with Gasteiger partial charge in [-0.3, -0.25) is 0 Å². The number of carbonyl (C=O) groups is 1. The molecule has 1 spiro atoms. The summed E-state index contributed by atoms with van der Waals surface area (Å²) in [5, 5.41) is 10.5. The summed E-state index contributed by atoms with van der Waals surface area (Å²) in [5.41, 5.74) is 2.88. The second kappa shape index (κ2) is 5.63. The highest BCUT2D eigenvalue weighted by atomic mass is 35.5. The monoisotopic (exact) mass is 383 g/mol. The third kappa shape index (κ3) is 2.55. The van der Waals surface area contributed by atoms with Crippen LogP contribution in [0.1, 0.15) is 23.2 Å². The van der Waals surface area contributed by atoms with Crippen molar-refractivity contribution < 1.29 is 14.6 Å². The number of anilines is 1. The smallest absolute Gasteiger partial charge is 0.337 e. The number of aromatic amines is 1. The lowest BCUT2D eigenvalue weighted by atomic mass is 9.97. The first kappa shape index (κ1) is 16.4. The average molecular weight is 384 g/mol. The predicted octanol–water partition coefficient (Wildman–Crippen LogP) is 4.19. The van der Waals surface area contributed by atoms with E-state index in [1.54, 1.807) is 19.2 Å². The van der Waals surface area contributed by atoms with E-state index in [1.165, 1.54) is 19.0 Å². The molecule has 5 rings (SSSR count). The Labute approximate surface area is 160 Å². The van der Waals surface area contributed by atoms with Crippen LogP contribution in [0.5, 0.6) is 5.88 Å². The summed E-state index contributed by atoms with van der Waals surface area (Å²) in [5.74, 6) is 0.401. The number of fused-ring (bicyclic) bond motifs is 1. The van der Waals surface area contributed by atoms with Crippen LogP contribution < -0.4 is 9.64 Å². The first-order valence-electron chi connectivity index (χ1n) is 8.84. The van der Waals surface area contributed by atoms with Crippen LogP contribution in [0.3, 0.4) is 0 Å². The maximum atomic E-state index is 11.5. The van der Waals surface area contributed by atoms with Crippen molar-refractivity contribution in [1.29, 1.82) is 0 Å². The highest BCUT2D eigenvalue weighted by molar-refractivity contribution is 6.34. The fraction of sp³-hybridized carbons (Fsp3) is 0.300. The van der Waals surface area contributed by atoms with Crippen LogP contribution in [-0.2, 0) is 0 Å². The number of halogens is 1. The Hall–Kier alpha value is -2.73. The molecule has 0 bridgehead atoms. The summed E-state index contributed by atoms with van der Waals surface area (Å²) in [4.78, 5) is 21.3.